The van der Waals surface area contributed by atoms with Crippen molar-refractivity contribution in [3.8, 4) is 0 Å². The monoisotopic (exact) mass is 285 g/mol. The number of carbonyl (C=O) groups is 2. The maximum Gasteiger partial charge on any atom is 0.239 e. The molecule has 0 aliphatic heterocycles. The molecular formula is C13H17F2N3O2. The van der Waals surface area contributed by atoms with Gasteiger partial charge in [-0.15, -0.1) is 0 Å². The quantitative estimate of drug-likeness (QED) is 0.716. The van der Waals surface area contributed by atoms with Gasteiger partial charge in [0.1, 0.15) is 11.6 Å². The fourth-order valence-electron chi connectivity index (χ4n) is 1.68. The predicted molar refractivity (Wildman–Crippen MR) is 69.6 cm³/mol. The van der Waals surface area contributed by atoms with Crippen LogP contribution >= 0.6 is 0 Å². The maximum atomic E-state index is 13.6. The van der Waals surface area contributed by atoms with E-state index in [4.69, 9.17) is 5.73 Å². The van der Waals surface area contributed by atoms with Gasteiger partial charge in [-0.25, -0.2) is 8.78 Å². The van der Waals surface area contributed by atoms with E-state index in [2.05, 4.69) is 10.6 Å². The van der Waals surface area contributed by atoms with Gasteiger partial charge in [0, 0.05) is 11.6 Å². The first-order valence-electron chi connectivity index (χ1n) is 6.19. The highest BCUT2D eigenvalue weighted by Gasteiger charge is 2.17. The summed E-state index contributed by atoms with van der Waals surface area (Å²) in [6, 6.07) is 2.60. The predicted octanol–water partition coefficient (Wildman–Crippen LogP) is 0.607. The lowest BCUT2D eigenvalue weighted by Gasteiger charge is -2.18. The van der Waals surface area contributed by atoms with Gasteiger partial charge in [0.2, 0.25) is 11.8 Å². The topological polar surface area (TPSA) is 84.2 Å². The van der Waals surface area contributed by atoms with Gasteiger partial charge in [0.05, 0.1) is 19.1 Å². The Bertz CT molecular complexity index is 495. The Balaban J connectivity index is 2.67. The molecule has 1 atom stereocenters. The van der Waals surface area contributed by atoms with Crippen molar-refractivity contribution in [3.63, 3.8) is 0 Å². The molecule has 0 saturated carbocycles. The molecule has 0 fully saturated rings. The van der Waals surface area contributed by atoms with E-state index < -0.39 is 29.5 Å². The van der Waals surface area contributed by atoms with Gasteiger partial charge in [0.25, 0.3) is 0 Å². The summed E-state index contributed by atoms with van der Waals surface area (Å²) in [5, 5.41) is 4.87. The summed E-state index contributed by atoms with van der Waals surface area (Å²) < 4.78 is 26.5. The number of nitrogens with one attached hydrogen (secondary N) is 2. The molecule has 0 aliphatic rings. The third-order valence-corrected chi connectivity index (χ3v) is 2.71. The maximum absolute atomic E-state index is 13.6. The van der Waals surface area contributed by atoms with Gasteiger partial charge in [-0.1, -0.05) is 13.0 Å². The summed E-state index contributed by atoms with van der Waals surface area (Å²) in [4.78, 5) is 22.5. The molecule has 1 aromatic carbocycles. The average molecular weight is 285 g/mol. The molecule has 4 N–H and O–H groups in total. The summed E-state index contributed by atoms with van der Waals surface area (Å²) in [5.74, 6) is -2.32. The number of benzene rings is 1. The minimum absolute atomic E-state index is 0.201. The van der Waals surface area contributed by atoms with E-state index in [1.165, 1.54) is 6.07 Å². The first-order chi connectivity index (χ1) is 9.47. The molecule has 110 valence electrons. The van der Waals surface area contributed by atoms with Crippen LogP contribution in [0, 0.1) is 11.6 Å². The molecule has 1 rings (SSSR count). The Kier molecular flexibility index (Phi) is 6.05. The van der Waals surface area contributed by atoms with Crippen LogP contribution in [0.25, 0.3) is 0 Å². The van der Waals surface area contributed by atoms with Crippen LogP contribution in [0.5, 0.6) is 0 Å². The second kappa shape index (κ2) is 7.54. The lowest BCUT2D eigenvalue weighted by Crippen LogP contribution is -2.40. The molecule has 0 heterocycles. The first kappa shape index (κ1) is 16.0. The Morgan fingerprint density at radius 2 is 2.00 bits per heavy atom. The summed E-state index contributed by atoms with van der Waals surface area (Å²) >= 11 is 0. The highest BCUT2D eigenvalue weighted by molar-refractivity contribution is 5.85. The number of halogens is 2. The fraction of sp³-hybridized carbons (Fsp3) is 0.385. The largest absolute Gasteiger partial charge is 0.348 e. The second-order valence-electron chi connectivity index (χ2n) is 4.18. The van der Waals surface area contributed by atoms with E-state index in [0.717, 1.165) is 12.1 Å². The third kappa shape index (κ3) is 4.58. The van der Waals surface area contributed by atoms with Gasteiger partial charge in [-0.2, -0.15) is 0 Å². The Morgan fingerprint density at radius 3 is 2.55 bits per heavy atom. The standard InChI is InChI=1S/C13H17F2N3O2/c1-2-11(9-4-3-8(14)5-10(9)15)18-13(20)7-17-12(19)6-16/h3-5,11H,2,6-7,16H2,1H3,(H,17,19)(H,18,20). The van der Waals surface area contributed by atoms with Gasteiger partial charge in [-0.05, 0) is 12.5 Å². The summed E-state index contributed by atoms with van der Waals surface area (Å²) in [6.45, 7) is 1.30. The minimum atomic E-state index is -0.719. The normalized spacial score (nSPS) is 11.8. The molecule has 0 saturated heterocycles. The smallest absolute Gasteiger partial charge is 0.239 e. The Morgan fingerprint density at radius 1 is 1.30 bits per heavy atom. The number of hydrogen-bond acceptors (Lipinski definition) is 3. The SMILES string of the molecule is CCC(NC(=O)CNC(=O)CN)c1ccc(F)cc1F. The molecule has 7 heteroatoms. The lowest BCUT2D eigenvalue weighted by molar-refractivity contribution is -0.125. The van der Waals surface area contributed by atoms with Crippen LogP contribution in [0.2, 0.25) is 0 Å². The highest BCUT2D eigenvalue weighted by atomic mass is 19.1. The lowest BCUT2D eigenvalue weighted by atomic mass is 10.0. The molecule has 0 aromatic heterocycles. The van der Waals surface area contributed by atoms with E-state index in [9.17, 15) is 18.4 Å². The number of rotatable bonds is 6. The molecule has 0 bridgehead atoms. The zero-order valence-corrected chi connectivity index (χ0v) is 11.1. The molecule has 0 radical (unpaired) electrons. The van der Waals surface area contributed by atoms with Crippen molar-refractivity contribution in [2.75, 3.05) is 13.1 Å². The average Bonchev–Trinajstić information content (AvgIpc) is 2.42. The Hall–Kier alpha value is -2.02. The summed E-state index contributed by atoms with van der Waals surface area (Å²) in [6.07, 6.45) is 0.430. The minimum Gasteiger partial charge on any atom is -0.348 e. The van der Waals surface area contributed by atoms with Crippen molar-refractivity contribution in [3.05, 3.63) is 35.4 Å². The summed E-state index contributed by atoms with van der Waals surface area (Å²) in [5.41, 5.74) is 5.28. The molecule has 1 aromatic rings. The second-order valence-corrected chi connectivity index (χ2v) is 4.18. The van der Waals surface area contributed by atoms with Crippen LogP contribution in [0.15, 0.2) is 18.2 Å². The zero-order valence-electron chi connectivity index (χ0n) is 11.1. The van der Waals surface area contributed by atoms with Crippen molar-refractivity contribution >= 4 is 11.8 Å². The number of hydrogen-bond donors (Lipinski definition) is 3. The van der Waals surface area contributed by atoms with E-state index in [-0.39, 0.29) is 18.7 Å². The van der Waals surface area contributed by atoms with Crippen molar-refractivity contribution in [1.29, 1.82) is 0 Å². The van der Waals surface area contributed by atoms with Gasteiger partial charge in [0.15, 0.2) is 0 Å². The van der Waals surface area contributed by atoms with Crippen molar-refractivity contribution < 1.29 is 18.4 Å². The van der Waals surface area contributed by atoms with Gasteiger partial charge < -0.3 is 16.4 Å². The molecule has 5 nitrogen and oxygen atoms in total. The van der Waals surface area contributed by atoms with Crippen LogP contribution in [0.4, 0.5) is 8.78 Å². The van der Waals surface area contributed by atoms with Crippen LogP contribution < -0.4 is 16.4 Å². The van der Waals surface area contributed by atoms with E-state index in [1.807, 2.05) is 0 Å². The molecular weight excluding hydrogens is 268 g/mol. The van der Waals surface area contributed by atoms with E-state index in [0.29, 0.717) is 6.42 Å². The molecule has 2 amide bonds. The number of carbonyl (C=O) groups excluding carboxylic acids is 2. The van der Waals surface area contributed by atoms with Gasteiger partial charge >= 0.3 is 0 Å². The molecule has 1 unspecified atom stereocenters. The molecule has 20 heavy (non-hydrogen) atoms. The number of nitrogens with two attached hydrogens (primary N) is 1. The van der Waals surface area contributed by atoms with E-state index in [1.54, 1.807) is 6.92 Å². The highest BCUT2D eigenvalue weighted by Crippen LogP contribution is 2.20. The van der Waals surface area contributed by atoms with Crippen LogP contribution in [0.1, 0.15) is 24.9 Å². The van der Waals surface area contributed by atoms with Crippen molar-refractivity contribution in [1.82, 2.24) is 10.6 Å². The van der Waals surface area contributed by atoms with E-state index >= 15 is 0 Å². The third-order valence-electron chi connectivity index (χ3n) is 2.71. The van der Waals surface area contributed by atoms with Crippen LogP contribution in [-0.4, -0.2) is 24.9 Å². The first-order valence-corrected chi connectivity index (χ1v) is 6.19. The molecule has 0 spiro atoms. The van der Waals surface area contributed by atoms with Gasteiger partial charge in [-0.3, -0.25) is 9.59 Å². The van der Waals surface area contributed by atoms with Crippen molar-refractivity contribution in [2.24, 2.45) is 5.73 Å². The molecule has 0 aliphatic carbocycles. The zero-order chi connectivity index (χ0) is 15.1. The van der Waals surface area contributed by atoms with Crippen LogP contribution in [-0.2, 0) is 9.59 Å². The number of amides is 2. The fourth-order valence-corrected chi connectivity index (χ4v) is 1.68. The van der Waals surface area contributed by atoms with Crippen LogP contribution in [0.3, 0.4) is 0 Å². The summed E-state index contributed by atoms with van der Waals surface area (Å²) in [7, 11) is 0. The van der Waals surface area contributed by atoms with Crippen molar-refractivity contribution in [2.45, 2.75) is 19.4 Å². The Labute approximate surface area is 115 Å².